The summed E-state index contributed by atoms with van der Waals surface area (Å²) < 4.78 is 41.7. The van der Waals surface area contributed by atoms with Gasteiger partial charge in [-0.1, -0.05) is 71.2 Å². The Kier molecular flexibility index (Phi) is 13.6. The van der Waals surface area contributed by atoms with E-state index in [1.165, 1.54) is 51.2 Å². The number of nitrogens with two attached hydrogens (primary N) is 1. The van der Waals surface area contributed by atoms with Crippen molar-refractivity contribution in [1.82, 2.24) is 5.16 Å². The molecule has 31 heavy (non-hydrogen) atoms. The lowest BCUT2D eigenvalue weighted by Crippen LogP contribution is -2.07. The van der Waals surface area contributed by atoms with Crippen molar-refractivity contribution in [3.05, 3.63) is 46.6 Å². The Morgan fingerprint density at radius 3 is 2.23 bits per heavy atom. The fourth-order valence-electron chi connectivity index (χ4n) is 2.99. The van der Waals surface area contributed by atoms with E-state index in [0.29, 0.717) is 18.1 Å². The van der Waals surface area contributed by atoms with Crippen LogP contribution in [0.3, 0.4) is 0 Å². The number of aryl methyl sites for hydroxylation is 1. The maximum atomic E-state index is 12.2. The summed E-state index contributed by atoms with van der Waals surface area (Å²) in [5, 5.41) is 4.04. The van der Waals surface area contributed by atoms with Gasteiger partial charge in [-0.3, -0.25) is 4.79 Å². The molecule has 0 bridgehead atoms. The number of rotatable bonds is 8. The first-order chi connectivity index (χ1) is 14.6. The van der Waals surface area contributed by atoms with Gasteiger partial charge < -0.3 is 10.3 Å². The minimum Gasteiger partial charge on any atom is -0.368 e. The predicted octanol–water partition coefficient (Wildman–Crippen LogP) is 7.82. The van der Waals surface area contributed by atoms with Gasteiger partial charge >= 0.3 is 6.18 Å². The first kappa shape index (κ1) is 28.7. The molecule has 0 aliphatic carbocycles. The molecule has 2 atom stereocenters. The first-order valence-corrected chi connectivity index (χ1v) is 11.0. The summed E-state index contributed by atoms with van der Waals surface area (Å²) in [5.74, 6) is 1.74. The van der Waals surface area contributed by atoms with E-state index in [9.17, 15) is 18.0 Å². The molecule has 1 aromatic heterocycles. The summed E-state index contributed by atoms with van der Waals surface area (Å²) in [6.07, 6.45) is 2.06. The zero-order valence-electron chi connectivity index (χ0n) is 19.6. The highest BCUT2D eigenvalue weighted by Gasteiger charge is 2.32. The third-order valence-corrected chi connectivity index (χ3v) is 5.01. The van der Waals surface area contributed by atoms with Crippen molar-refractivity contribution in [1.29, 1.82) is 0 Å². The van der Waals surface area contributed by atoms with E-state index in [1.807, 2.05) is 19.9 Å². The third kappa shape index (κ3) is 10.5. The Bertz CT molecular complexity index is 758. The van der Waals surface area contributed by atoms with Crippen LogP contribution in [-0.2, 0) is 6.18 Å². The zero-order valence-corrected chi connectivity index (χ0v) is 19.6. The van der Waals surface area contributed by atoms with Crippen LogP contribution in [-0.4, -0.2) is 11.4 Å². The number of carbonyl (C=O) groups excluding carboxylic acids is 1. The van der Waals surface area contributed by atoms with Crippen molar-refractivity contribution >= 4 is 12.2 Å². The molecule has 1 unspecified atom stereocenters. The summed E-state index contributed by atoms with van der Waals surface area (Å²) >= 11 is 0. The van der Waals surface area contributed by atoms with E-state index < -0.39 is 11.7 Å². The minimum absolute atomic E-state index is 0.0397. The first-order valence-electron chi connectivity index (χ1n) is 11.0. The van der Waals surface area contributed by atoms with E-state index in [0.717, 1.165) is 17.7 Å². The zero-order chi connectivity index (χ0) is 24.0. The third-order valence-electron chi connectivity index (χ3n) is 5.01. The number of hydrogen-bond acceptors (Lipinski definition) is 4. The monoisotopic (exact) mass is 442 g/mol. The van der Waals surface area contributed by atoms with Gasteiger partial charge in [-0.2, -0.15) is 13.2 Å². The number of hydrogen-bond donors (Lipinski definition) is 1. The Balaban J connectivity index is 0.000000547. The molecule has 176 valence electrons. The normalized spacial score (nSPS) is 12.7. The van der Waals surface area contributed by atoms with Crippen LogP contribution >= 0.6 is 0 Å². The lowest BCUT2D eigenvalue weighted by atomic mass is 9.90. The maximum Gasteiger partial charge on any atom is 0.416 e. The fourth-order valence-corrected chi connectivity index (χ4v) is 2.99. The van der Waals surface area contributed by atoms with Gasteiger partial charge in [0.25, 0.3) is 0 Å². The number of nitrogen functional groups attached to an aromatic ring is 1. The lowest BCUT2D eigenvalue weighted by Gasteiger charge is -2.15. The summed E-state index contributed by atoms with van der Waals surface area (Å²) in [4.78, 5) is 10.2. The number of anilines is 1. The number of nitrogens with zero attached hydrogens (tertiary/aromatic N) is 1. The van der Waals surface area contributed by atoms with Gasteiger partial charge in [0.15, 0.2) is 0 Å². The van der Waals surface area contributed by atoms with E-state index in [4.69, 9.17) is 10.3 Å². The Morgan fingerprint density at radius 1 is 1.13 bits per heavy atom. The van der Waals surface area contributed by atoms with Crippen LogP contribution in [0.5, 0.6) is 0 Å². The molecule has 1 aromatic carbocycles. The summed E-state index contributed by atoms with van der Waals surface area (Å²) in [6, 6.07) is 5.36. The molecule has 0 saturated carbocycles. The Hall–Kier alpha value is -2.31. The number of alkyl halides is 3. The molecule has 0 saturated heterocycles. The number of benzene rings is 1. The standard InChI is InChI=1S/C13H24N2O.C9H7F3O.C2H6/c1-4-6-11(8-7-10(3)5-2)12-9-13(14)16-15-12;1-6-2-3-7(5-13)4-8(6)9(10,11)12;1-2/h9-11H,4-8,14H2,1-3H3;2-5H,1H3;1-2H3/t10-,11?;;/m1../s1. The van der Waals surface area contributed by atoms with Gasteiger partial charge in [0.05, 0.1) is 11.3 Å². The average Bonchev–Trinajstić information content (AvgIpc) is 3.18. The molecule has 1 heterocycles. The Morgan fingerprint density at radius 2 is 1.77 bits per heavy atom. The van der Waals surface area contributed by atoms with E-state index in [-0.39, 0.29) is 11.1 Å². The summed E-state index contributed by atoms with van der Waals surface area (Å²) in [5.41, 5.74) is 6.01. The van der Waals surface area contributed by atoms with Gasteiger partial charge in [0.2, 0.25) is 5.88 Å². The number of aldehydes is 1. The molecule has 2 N–H and O–H groups in total. The molecular weight excluding hydrogens is 405 g/mol. The highest BCUT2D eigenvalue weighted by Crippen LogP contribution is 2.32. The molecule has 7 heteroatoms. The van der Waals surface area contributed by atoms with E-state index in [2.05, 4.69) is 25.9 Å². The molecular formula is C24H37F3N2O2. The molecule has 0 spiro atoms. The van der Waals surface area contributed by atoms with Crippen molar-refractivity contribution in [3.63, 3.8) is 0 Å². The molecule has 2 rings (SSSR count). The summed E-state index contributed by atoms with van der Waals surface area (Å²) in [6.45, 7) is 12.1. The van der Waals surface area contributed by atoms with Crippen LogP contribution in [0.2, 0.25) is 0 Å². The maximum absolute atomic E-state index is 12.2. The van der Waals surface area contributed by atoms with Crippen LogP contribution in [0.25, 0.3) is 0 Å². The van der Waals surface area contributed by atoms with Crippen LogP contribution in [0, 0.1) is 12.8 Å². The van der Waals surface area contributed by atoms with Gasteiger partial charge in [-0.05, 0) is 37.3 Å². The Labute approximate surface area is 184 Å². The minimum atomic E-state index is -4.39. The molecule has 0 radical (unpaired) electrons. The van der Waals surface area contributed by atoms with E-state index >= 15 is 0 Å². The van der Waals surface area contributed by atoms with Crippen molar-refractivity contribution in [2.75, 3.05) is 5.73 Å². The highest BCUT2D eigenvalue weighted by molar-refractivity contribution is 5.75. The SMILES string of the molecule is CC.CCCC(CC[C@H](C)CC)c1cc(N)on1.Cc1ccc(C=O)cc1C(F)(F)F. The largest absolute Gasteiger partial charge is 0.416 e. The fraction of sp³-hybridized carbons (Fsp3) is 0.583. The second-order valence-electron chi connectivity index (χ2n) is 7.42. The quantitative estimate of drug-likeness (QED) is 0.423. The van der Waals surface area contributed by atoms with Gasteiger partial charge in [0, 0.05) is 17.5 Å². The molecule has 0 aliphatic rings. The van der Waals surface area contributed by atoms with Gasteiger partial charge in [0.1, 0.15) is 6.29 Å². The van der Waals surface area contributed by atoms with Crippen molar-refractivity contribution in [2.45, 2.75) is 85.7 Å². The lowest BCUT2D eigenvalue weighted by molar-refractivity contribution is -0.138. The van der Waals surface area contributed by atoms with Crippen molar-refractivity contribution < 1.29 is 22.5 Å². The van der Waals surface area contributed by atoms with Crippen LogP contribution < -0.4 is 5.73 Å². The highest BCUT2D eigenvalue weighted by atomic mass is 19.4. The van der Waals surface area contributed by atoms with Gasteiger partial charge in [-0.15, -0.1) is 0 Å². The number of aromatic nitrogens is 1. The molecule has 0 fully saturated rings. The summed E-state index contributed by atoms with van der Waals surface area (Å²) in [7, 11) is 0. The molecule has 0 amide bonds. The van der Waals surface area contributed by atoms with E-state index in [1.54, 1.807) is 0 Å². The van der Waals surface area contributed by atoms with Crippen LogP contribution in [0.15, 0.2) is 28.8 Å². The smallest absolute Gasteiger partial charge is 0.368 e. The predicted molar refractivity (Wildman–Crippen MR) is 120 cm³/mol. The molecule has 0 aliphatic heterocycles. The average molecular weight is 443 g/mol. The van der Waals surface area contributed by atoms with Crippen LogP contribution in [0.1, 0.15) is 99.8 Å². The molecule has 2 aromatic rings. The second kappa shape index (κ2) is 14.7. The topological polar surface area (TPSA) is 69.1 Å². The van der Waals surface area contributed by atoms with Crippen molar-refractivity contribution in [2.24, 2.45) is 5.92 Å². The van der Waals surface area contributed by atoms with Crippen LogP contribution in [0.4, 0.5) is 19.1 Å². The number of halogens is 3. The molecule has 4 nitrogen and oxygen atoms in total. The number of carbonyl (C=O) groups is 1. The van der Waals surface area contributed by atoms with Gasteiger partial charge in [-0.25, -0.2) is 0 Å². The van der Waals surface area contributed by atoms with Crippen molar-refractivity contribution in [3.8, 4) is 0 Å². The second-order valence-corrected chi connectivity index (χ2v) is 7.42.